The number of oxazole rings is 1. The first-order valence-corrected chi connectivity index (χ1v) is 10.3. The van der Waals surface area contributed by atoms with Gasteiger partial charge in [-0.1, -0.05) is 60.7 Å². The molecule has 0 spiro atoms. The molecule has 0 saturated heterocycles. The third-order valence-corrected chi connectivity index (χ3v) is 4.87. The highest BCUT2D eigenvalue weighted by atomic mass is 16.5. The first kappa shape index (κ1) is 21.1. The Balaban J connectivity index is 1.45. The number of nitrogens with one attached hydrogen (secondary N) is 2. The molecule has 7 heteroatoms. The average molecular weight is 429 g/mol. The summed E-state index contributed by atoms with van der Waals surface area (Å²) in [5.41, 5.74) is 3.63. The second-order valence-electron chi connectivity index (χ2n) is 7.35. The molecule has 0 aliphatic heterocycles. The van der Waals surface area contributed by atoms with E-state index in [9.17, 15) is 9.59 Å². The van der Waals surface area contributed by atoms with E-state index in [1.54, 1.807) is 25.1 Å². The Morgan fingerprint density at radius 2 is 1.66 bits per heavy atom. The third-order valence-electron chi connectivity index (χ3n) is 4.87. The Morgan fingerprint density at radius 1 is 0.969 bits per heavy atom. The minimum absolute atomic E-state index is 0.120. The summed E-state index contributed by atoms with van der Waals surface area (Å²) in [5, 5.41) is 5.54. The second-order valence-corrected chi connectivity index (χ2v) is 7.35. The summed E-state index contributed by atoms with van der Waals surface area (Å²) in [6.45, 7) is 1.88. The van der Waals surface area contributed by atoms with Crippen molar-refractivity contribution in [3.05, 3.63) is 95.9 Å². The van der Waals surface area contributed by atoms with Gasteiger partial charge in [-0.3, -0.25) is 4.79 Å². The Labute approximate surface area is 185 Å². The normalized spacial score (nSPS) is 11.7. The molecular formula is C25H23N3O4. The van der Waals surface area contributed by atoms with Gasteiger partial charge in [-0.15, -0.1) is 0 Å². The predicted molar refractivity (Wildman–Crippen MR) is 121 cm³/mol. The largest absolute Gasteiger partial charge is 0.445 e. The Morgan fingerprint density at radius 3 is 2.38 bits per heavy atom. The number of hydrogen-bond acceptors (Lipinski definition) is 5. The molecule has 162 valence electrons. The van der Waals surface area contributed by atoms with Crippen molar-refractivity contribution in [2.45, 2.75) is 26.0 Å². The fourth-order valence-corrected chi connectivity index (χ4v) is 3.32. The zero-order valence-electron chi connectivity index (χ0n) is 17.6. The number of ether oxygens (including phenoxy) is 1. The van der Waals surface area contributed by atoms with E-state index in [-0.39, 0.29) is 12.5 Å². The lowest BCUT2D eigenvalue weighted by atomic mass is 10.1. The number of hydrogen-bond donors (Lipinski definition) is 2. The lowest BCUT2D eigenvalue weighted by Crippen LogP contribution is -2.45. The summed E-state index contributed by atoms with van der Waals surface area (Å²) in [7, 11) is 0. The fraction of sp³-hybridized carbons (Fsp3) is 0.160. The Hall–Kier alpha value is -4.13. The zero-order chi connectivity index (χ0) is 22.3. The first-order chi connectivity index (χ1) is 15.6. The van der Waals surface area contributed by atoms with E-state index in [2.05, 4.69) is 15.6 Å². The molecule has 0 radical (unpaired) electrons. The zero-order valence-corrected chi connectivity index (χ0v) is 17.6. The van der Waals surface area contributed by atoms with Gasteiger partial charge in [-0.05, 0) is 29.3 Å². The van der Waals surface area contributed by atoms with Crippen molar-refractivity contribution < 1.29 is 18.7 Å². The van der Waals surface area contributed by atoms with Crippen molar-refractivity contribution >= 4 is 28.8 Å². The first-order valence-electron chi connectivity index (χ1n) is 10.3. The molecule has 0 fully saturated rings. The molecule has 4 aromatic rings. The minimum atomic E-state index is -0.824. The molecular weight excluding hydrogens is 406 g/mol. The van der Waals surface area contributed by atoms with Gasteiger partial charge < -0.3 is 19.8 Å². The molecule has 1 heterocycles. The highest BCUT2D eigenvalue weighted by molar-refractivity contribution is 5.98. The van der Waals surface area contributed by atoms with Gasteiger partial charge in [0.05, 0.1) is 0 Å². The maximum Gasteiger partial charge on any atom is 0.408 e. The molecule has 2 N–H and O–H groups in total. The van der Waals surface area contributed by atoms with Crippen LogP contribution in [0.25, 0.3) is 11.1 Å². The summed E-state index contributed by atoms with van der Waals surface area (Å²) in [4.78, 5) is 29.7. The van der Waals surface area contributed by atoms with Crippen LogP contribution in [0.1, 0.15) is 17.0 Å². The predicted octanol–water partition coefficient (Wildman–Crippen LogP) is 4.61. The molecule has 0 aliphatic carbocycles. The van der Waals surface area contributed by atoms with Gasteiger partial charge in [-0.2, -0.15) is 0 Å². The van der Waals surface area contributed by atoms with Gasteiger partial charge in [0.25, 0.3) is 0 Å². The van der Waals surface area contributed by atoms with Crippen molar-refractivity contribution in [2.24, 2.45) is 0 Å². The number of carbonyl (C=O) groups excluding carboxylic acids is 2. The van der Waals surface area contributed by atoms with Crippen LogP contribution < -0.4 is 10.6 Å². The average Bonchev–Trinajstić information content (AvgIpc) is 3.18. The number of nitrogens with zero attached hydrogens (tertiary/aromatic N) is 1. The van der Waals surface area contributed by atoms with Crippen LogP contribution in [0.15, 0.2) is 83.3 Å². The monoisotopic (exact) mass is 429 g/mol. The molecule has 3 aromatic carbocycles. The molecule has 1 aromatic heterocycles. The van der Waals surface area contributed by atoms with E-state index in [4.69, 9.17) is 9.15 Å². The number of amides is 2. The van der Waals surface area contributed by atoms with Crippen LogP contribution in [0.5, 0.6) is 0 Å². The van der Waals surface area contributed by atoms with Gasteiger partial charge in [0.1, 0.15) is 18.2 Å². The summed E-state index contributed by atoms with van der Waals surface area (Å²) in [5.74, 6) is 0.193. The van der Waals surface area contributed by atoms with Gasteiger partial charge in [-0.25, -0.2) is 9.78 Å². The van der Waals surface area contributed by atoms with E-state index in [1.807, 2.05) is 60.7 Å². The topological polar surface area (TPSA) is 93.5 Å². The van der Waals surface area contributed by atoms with Gasteiger partial charge in [0, 0.05) is 19.0 Å². The molecule has 0 saturated carbocycles. The Bertz CT molecular complexity index is 1210. The standard InChI is InChI=1S/C25H23N3O4/c1-17-26-21-15-20(12-13-23(21)32-17)27-24(29)22(14-18-8-4-2-5-9-18)28-25(30)31-16-19-10-6-3-7-11-19/h2-13,15,22H,14,16H2,1H3,(H,27,29)(H,28,30). The Kier molecular flexibility index (Phi) is 6.46. The van der Waals surface area contributed by atoms with Crippen LogP contribution in [-0.4, -0.2) is 23.0 Å². The van der Waals surface area contributed by atoms with Crippen molar-refractivity contribution in [1.29, 1.82) is 0 Å². The smallest absolute Gasteiger partial charge is 0.408 e. The van der Waals surface area contributed by atoms with Crippen molar-refractivity contribution in [2.75, 3.05) is 5.32 Å². The van der Waals surface area contributed by atoms with E-state index in [0.29, 0.717) is 29.1 Å². The number of carbonyl (C=O) groups is 2. The lowest BCUT2D eigenvalue weighted by Gasteiger charge is -2.18. The number of anilines is 1. The summed E-state index contributed by atoms with van der Waals surface area (Å²) in [6.07, 6.45) is -0.342. The lowest BCUT2D eigenvalue weighted by molar-refractivity contribution is -0.118. The minimum Gasteiger partial charge on any atom is -0.445 e. The highest BCUT2D eigenvalue weighted by Crippen LogP contribution is 2.20. The number of fused-ring (bicyclic) bond motifs is 1. The van der Waals surface area contributed by atoms with Crippen molar-refractivity contribution in [3.63, 3.8) is 0 Å². The van der Waals surface area contributed by atoms with Crippen LogP contribution in [-0.2, 0) is 22.6 Å². The van der Waals surface area contributed by atoms with E-state index < -0.39 is 12.1 Å². The number of aryl methyl sites for hydroxylation is 1. The molecule has 1 unspecified atom stereocenters. The SMILES string of the molecule is Cc1nc2cc(NC(=O)C(Cc3ccccc3)NC(=O)OCc3ccccc3)ccc2o1. The van der Waals surface area contributed by atoms with Crippen LogP contribution in [0.4, 0.5) is 10.5 Å². The highest BCUT2D eigenvalue weighted by Gasteiger charge is 2.22. The molecule has 0 aliphatic rings. The fourth-order valence-electron chi connectivity index (χ4n) is 3.32. The molecule has 4 rings (SSSR count). The van der Waals surface area contributed by atoms with E-state index in [0.717, 1.165) is 11.1 Å². The third kappa shape index (κ3) is 5.51. The summed E-state index contributed by atoms with van der Waals surface area (Å²) in [6, 6.07) is 23.2. The van der Waals surface area contributed by atoms with Gasteiger partial charge in [0.2, 0.25) is 5.91 Å². The summed E-state index contributed by atoms with van der Waals surface area (Å²) >= 11 is 0. The van der Waals surface area contributed by atoms with Crippen LogP contribution in [0.3, 0.4) is 0 Å². The second kappa shape index (κ2) is 9.78. The maximum absolute atomic E-state index is 13.0. The van der Waals surface area contributed by atoms with E-state index >= 15 is 0 Å². The van der Waals surface area contributed by atoms with Crippen molar-refractivity contribution in [1.82, 2.24) is 10.3 Å². The number of aromatic nitrogens is 1. The number of benzene rings is 3. The number of rotatable bonds is 7. The molecule has 0 bridgehead atoms. The van der Waals surface area contributed by atoms with Gasteiger partial charge in [0.15, 0.2) is 11.5 Å². The van der Waals surface area contributed by atoms with Crippen LogP contribution in [0.2, 0.25) is 0 Å². The van der Waals surface area contributed by atoms with E-state index in [1.165, 1.54) is 0 Å². The van der Waals surface area contributed by atoms with Crippen LogP contribution in [0, 0.1) is 6.92 Å². The molecule has 7 nitrogen and oxygen atoms in total. The number of alkyl carbamates (subject to hydrolysis) is 1. The maximum atomic E-state index is 13.0. The molecule has 1 atom stereocenters. The van der Waals surface area contributed by atoms with Crippen molar-refractivity contribution in [3.8, 4) is 0 Å². The summed E-state index contributed by atoms with van der Waals surface area (Å²) < 4.78 is 10.8. The quantitative estimate of drug-likeness (QED) is 0.447. The van der Waals surface area contributed by atoms with Crippen LogP contribution >= 0.6 is 0 Å². The molecule has 2 amide bonds. The molecule has 32 heavy (non-hydrogen) atoms. The van der Waals surface area contributed by atoms with Gasteiger partial charge >= 0.3 is 6.09 Å².